The van der Waals surface area contributed by atoms with Crippen molar-refractivity contribution < 1.29 is 27.8 Å². The largest absolute Gasteiger partial charge is 0.496 e. The van der Waals surface area contributed by atoms with E-state index < -0.39 is 17.6 Å². The zero-order valence-corrected chi connectivity index (χ0v) is 28.6. The first-order chi connectivity index (χ1) is 24.5. The van der Waals surface area contributed by atoms with E-state index in [0.29, 0.717) is 53.3 Å². The summed E-state index contributed by atoms with van der Waals surface area (Å²) in [6.07, 6.45) is 2.64. The highest BCUT2D eigenvalue weighted by Crippen LogP contribution is 2.38. The number of aromatic nitrogens is 1. The molecule has 1 atom stereocenters. The van der Waals surface area contributed by atoms with E-state index in [2.05, 4.69) is 26.2 Å². The number of pyridine rings is 1. The van der Waals surface area contributed by atoms with Crippen LogP contribution in [0.5, 0.6) is 5.75 Å². The lowest BCUT2D eigenvalue weighted by Gasteiger charge is -2.20. The predicted molar refractivity (Wildman–Crippen MR) is 191 cm³/mol. The van der Waals surface area contributed by atoms with Crippen LogP contribution in [-0.4, -0.2) is 65.2 Å². The summed E-state index contributed by atoms with van der Waals surface area (Å²) in [5.74, 6) is -0.0611. The average molecular weight is 696 g/mol. The first kappa shape index (κ1) is 35.8. The van der Waals surface area contributed by atoms with Crippen molar-refractivity contribution in [2.45, 2.75) is 51.6 Å². The molecule has 2 fully saturated rings. The Bertz CT molecular complexity index is 1960. The van der Waals surface area contributed by atoms with Gasteiger partial charge in [0.1, 0.15) is 17.5 Å². The summed E-state index contributed by atoms with van der Waals surface area (Å²) in [6.45, 7) is 5.98. The van der Waals surface area contributed by atoms with E-state index >= 15 is 0 Å². The van der Waals surface area contributed by atoms with Gasteiger partial charge in [-0.15, -0.1) is 0 Å². The quantitative estimate of drug-likeness (QED) is 0.165. The second-order valence-corrected chi connectivity index (χ2v) is 13.1. The molecule has 0 spiro atoms. The number of nitrogens with one attached hydrogen (secondary N) is 1. The molecule has 11 heteroatoms. The minimum Gasteiger partial charge on any atom is -0.496 e. The van der Waals surface area contributed by atoms with Gasteiger partial charge in [-0.1, -0.05) is 48.6 Å². The third-order valence-corrected chi connectivity index (χ3v) is 9.59. The van der Waals surface area contributed by atoms with Crippen LogP contribution in [0, 0.1) is 18.3 Å². The molecule has 264 valence electrons. The lowest BCUT2D eigenvalue weighted by Crippen LogP contribution is -2.21. The van der Waals surface area contributed by atoms with Gasteiger partial charge in [-0.25, -0.2) is 0 Å². The summed E-state index contributed by atoms with van der Waals surface area (Å²) in [4.78, 5) is 21.8. The Morgan fingerprint density at radius 1 is 1.02 bits per heavy atom. The number of benzene rings is 3. The molecule has 0 unspecified atom stereocenters. The molecule has 0 aliphatic carbocycles. The van der Waals surface area contributed by atoms with Crippen LogP contribution in [0.15, 0.2) is 66.9 Å². The fraction of sp³-hybridized carbons (Fsp3) is 0.325. The van der Waals surface area contributed by atoms with Crippen molar-refractivity contribution in [3.8, 4) is 22.9 Å². The van der Waals surface area contributed by atoms with E-state index in [1.807, 2.05) is 19.1 Å². The number of alkyl halides is 3. The first-order valence-corrected chi connectivity index (χ1v) is 17.0. The van der Waals surface area contributed by atoms with Gasteiger partial charge in [-0.2, -0.15) is 18.4 Å². The predicted octanol–water partition coefficient (Wildman–Crippen LogP) is 7.54. The minimum atomic E-state index is -4.56. The van der Waals surface area contributed by atoms with E-state index in [0.717, 1.165) is 50.0 Å². The summed E-state index contributed by atoms with van der Waals surface area (Å²) < 4.78 is 48.5. The fourth-order valence-electron chi connectivity index (χ4n) is 6.88. The van der Waals surface area contributed by atoms with Gasteiger partial charge in [0.15, 0.2) is 0 Å². The summed E-state index contributed by atoms with van der Waals surface area (Å²) in [5.41, 5.74) is 4.15. The van der Waals surface area contributed by atoms with Crippen LogP contribution >= 0.6 is 0 Å². The molecule has 6 rings (SSSR count). The molecule has 0 bridgehead atoms. The number of aliphatic hydroxyl groups is 1. The molecule has 2 N–H and O–H groups in total. The van der Waals surface area contributed by atoms with Gasteiger partial charge >= 0.3 is 6.18 Å². The Morgan fingerprint density at radius 2 is 1.76 bits per heavy atom. The van der Waals surface area contributed by atoms with Crippen molar-refractivity contribution in [3.63, 3.8) is 0 Å². The van der Waals surface area contributed by atoms with Crippen molar-refractivity contribution in [1.29, 1.82) is 5.26 Å². The Labute approximate surface area is 295 Å². The number of β-amino-alcohol motifs (C(OH)–C–C–N with tert-alkyl or cyclic N) is 1. The van der Waals surface area contributed by atoms with Crippen LogP contribution in [0.4, 0.5) is 18.9 Å². The summed E-state index contributed by atoms with van der Waals surface area (Å²) in [6, 6.07) is 18.9. The van der Waals surface area contributed by atoms with Crippen LogP contribution in [0.3, 0.4) is 0 Å². The third-order valence-electron chi connectivity index (χ3n) is 9.59. The zero-order valence-electron chi connectivity index (χ0n) is 28.6. The summed E-state index contributed by atoms with van der Waals surface area (Å²) in [7, 11) is 1.47. The van der Waals surface area contributed by atoms with E-state index in [4.69, 9.17) is 4.74 Å². The molecule has 1 aromatic heterocycles. The van der Waals surface area contributed by atoms with Crippen molar-refractivity contribution in [2.75, 3.05) is 38.6 Å². The highest BCUT2D eigenvalue weighted by molar-refractivity contribution is 6.04. The zero-order chi connectivity index (χ0) is 36.1. The standard InChI is InChI=1S/C40H40F3N5O3/c1-26-28(12-13-29-20-38(51-2)30(19-35(29)40(41,42)43)24-47-16-3-4-17-47)7-5-8-32(26)33-9-6-10-36(34(33)21-44)46-39(50)37-14-11-27(22-45-37)23-48-18-15-31(49)25-48/h5-14,19-20,22,31,49H,3-4,15-18,23-25H2,1-2H3,(H,46,50)/b13-12+/t31-/m1/s1. The van der Waals surface area contributed by atoms with Gasteiger partial charge in [0.05, 0.1) is 30.0 Å². The first-order valence-electron chi connectivity index (χ1n) is 17.0. The summed E-state index contributed by atoms with van der Waals surface area (Å²) >= 11 is 0. The number of anilines is 1. The molecule has 2 aliphatic heterocycles. The lowest BCUT2D eigenvalue weighted by molar-refractivity contribution is -0.137. The molecule has 51 heavy (non-hydrogen) atoms. The molecule has 3 aromatic carbocycles. The number of carbonyl (C=O) groups is 1. The number of nitrogens with zero attached hydrogens (tertiary/aromatic N) is 4. The monoisotopic (exact) mass is 695 g/mol. The van der Waals surface area contributed by atoms with Gasteiger partial charge < -0.3 is 15.2 Å². The number of hydrogen-bond acceptors (Lipinski definition) is 7. The molecule has 4 aromatic rings. The Balaban J connectivity index is 1.24. The van der Waals surface area contributed by atoms with E-state index in [9.17, 15) is 28.3 Å². The van der Waals surface area contributed by atoms with E-state index in [-0.39, 0.29) is 22.9 Å². The number of aliphatic hydroxyl groups excluding tert-OH is 1. The maximum atomic E-state index is 14.3. The number of nitriles is 1. The number of likely N-dealkylation sites (tertiary alicyclic amines) is 2. The Kier molecular flexibility index (Phi) is 10.9. The van der Waals surface area contributed by atoms with Gasteiger partial charge in [0.2, 0.25) is 0 Å². The van der Waals surface area contributed by atoms with Gasteiger partial charge in [-0.3, -0.25) is 19.6 Å². The Hall–Kier alpha value is -5.02. The highest BCUT2D eigenvalue weighted by Gasteiger charge is 2.34. The molecule has 2 aliphatic rings. The van der Waals surface area contributed by atoms with Crippen LogP contribution < -0.4 is 10.1 Å². The number of rotatable bonds is 10. The van der Waals surface area contributed by atoms with E-state index in [1.165, 1.54) is 25.3 Å². The van der Waals surface area contributed by atoms with Crippen LogP contribution in [0.1, 0.15) is 68.7 Å². The van der Waals surface area contributed by atoms with Crippen molar-refractivity contribution in [3.05, 3.63) is 111 Å². The third kappa shape index (κ3) is 8.31. The van der Waals surface area contributed by atoms with Gasteiger partial charge in [-0.05, 0) is 91.4 Å². The van der Waals surface area contributed by atoms with Crippen LogP contribution in [0.25, 0.3) is 23.3 Å². The number of halogens is 3. The normalized spacial score (nSPS) is 16.8. The molecule has 0 radical (unpaired) electrons. The minimum absolute atomic E-state index is 0.00626. The number of carbonyl (C=O) groups excluding carboxylic acids is 1. The molecule has 8 nitrogen and oxygen atoms in total. The SMILES string of the molecule is COc1cc(/C=C/c2cccc(-c3cccc(NC(=O)c4ccc(CN5CC[C@@H](O)C5)cn4)c3C#N)c2C)c(C(F)(F)F)cc1CN1CCCC1. The number of methoxy groups -OCH3 is 1. The van der Waals surface area contributed by atoms with E-state index in [1.54, 1.807) is 48.7 Å². The second-order valence-electron chi connectivity index (χ2n) is 13.1. The number of hydrogen-bond donors (Lipinski definition) is 2. The molecule has 1 amide bonds. The fourth-order valence-corrected chi connectivity index (χ4v) is 6.88. The van der Waals surface area contributed by atoms with Crippen LogP contribution in [-0.2, 0) is 19.3 Å². The number of ether oxygens (including phenoxy) is 1. The molecule has 0 saturated carbocycles. The van der Waals surface area contributed by atoms with Crippen LogP contribution in [0.2, 0.25) is 0 Å². The average Bonchev–Trinajstić information content (AvgIpc) is 3.79. The summed E-state index contributed by atoms with van der Waals surface area (Å²) in [5, 5.41) is 22.8. The van der Waals surface area contributed by atoms with Gasteiger partial charge in [0, 0.05) is 43.5 Å². The van der Waals surface area contributed by atoms with Crippen molar-refractivity contribution in [1.82, 2.24) is 14.8 Å². The maximum absolute atomic E-state index is 14.3. The molecule has 2 saturated heterocycles. The van der Waals surface area contributed by atoms with Gasteiger partial charge in [0.25, 0.3) is 5.91 Å². The number of amides is 1. The van der Waals surface area contributed by atoms with Crippen molar-refractivity contribution in [2.24, 2.45) is 0 Å². The smallest absolute Gasteiger partial charge is 0.417 e. The Morgan fingerprint density at radius 3 is 2.43 bits per heavy atom. The van der Waals surface area contributed by atoms with Crippen molar-refractivity contribution >= 4 is 23.7 Å². The molecular weight excluding hydrogens is 655 g/mol. The molecule has 3 heterocycles. The maximum Gasteiger partial charge on any atom is 0.417 e. The lowest BCUT2D eigenvalue weighted by atomic mass is 9.92. The highest BCUT2D eigenvalue weighted by atomic mass is 19.4. The molecular formula is C40H40F3N5O3. The second kappa shape index (κ2) is 15.5. The topological polar surface area (TPSA) is 102 Å².